The molecular weight excluding hydrogens is 276 g/mol. The molecule has 104 valence electrons. The van der Waals surface area contributed by atoms with Crippen molar-refractivity contribution in [3.05, 3.63) is 52.3 Å². The Morgan fingerprint density at radius 3 is 2.85 bits per heavy atom. The summed E-state index contributed by atoms with van der Waals surface area (Å²) in [6.45, 7) is 3.93. The van der Waals surface area contributed by atoms with E-state index in [1.54, 1.807) is 10.7 Å². The van der Waals surface area contributed by atoms with Gasteiger partial charge in [0.05, 0.1) is 11.9 Å². The van der Waals surface area contributed by atoms with E-state index in [2.05, 4.69) is 15.6 Å². The normalized spacial score (nSPS) is 10.9. The Morgan fingerprint density at radius 2 is 2.20 bits per heavy atom. The van der Waals surface area contributed by atoms with Crippen LogP contribution in [0, 0.1) is 13.8 Å². The van der Waals surface area contributed by atoms with Crippen molar-refractivity contribution >= 4 is 23.7 Å². The molecule has 5 nitrogen and oxygen atoms in total. The zero-order valence-corrected chi connectivity index (χ0v) is 12.1. The third kappa shape index (κ3) is 3.68. The van der Waals surface area contributed by atoms with Crippen LogP contribution in [-0.2, 0) is 11.3 Å². The number of amides is 1. The molecule has 2 aromatic rings. The number of nitrogens with one attached hydrogen (secondary N) is 1. The van der Waals surface area contributed by atoms with E-state index in [9.17, 15) is 4.79 Å². The number of hydrogen-bond donors (Lipinski definition) is 1. The molecule has 0 bridgehead atoms. The number of carbonyl (C=O) groups excluding carboxylic acids is 1. The van der Waals surface area contributed by atoms with Crippen molar-refractivity contribution in [1.29, 1.82) is 0 Å². The Balaban J connectivity index is 1.93. The van der Waals surface area contributed by atoms with Gasteiger partial charge in [0.25, 0.3) is 5.91 Å². The van der Waals surface area contributed by atoms with Crippen LogP contribution in [0.1, 0.15) is 17.0 Å². The summed E-state index contributed by atoms with van der Waals surface area (Å²) in [4.78, 5) is 11.7. The number of benzene rings is 1. The van der Waals surface area contributed by atoms with Gasteiger partial charge in [-0.25, -0.2) is 5.43 Å². The first-order chi connectivity index (χ1) is 9.56. The molecule has 20 heavy (non-hydrogen) atoms. The summed E-state index contributed by atoms with van der Waals surface area (Å²) in [5.41, 5.74) is 5.03. The van der Waals surface area contributed by atoms with Crippen LogP contribution >= 0.6 is 11.6 Å². The van der Waals surface area contributed by atoms with Gasteiger partial charge >= 0.3 is 0 Å². The Labute approximate surface area is 122 Å². The number of hydrogen-bond acceptors (Lipinski definition) is 3. The highest BCUT2D eigenvalue weighted by Crippen LogP contribution is 2.11. The van der Waals surface area contributed by atoms with Gasteiger partial charge in [-0.1, -0.05) is 29.8 Å². The quantitative estimate of drug-likeness (QED) is 0.694. The van der Waals surface area contributed by atoms with Crippen LogP contribution in [0.4, 0.5) is 0 Å². The summed E-state index contributed by atoms with van der Waals surface area (Å²) in [6.07, 6.45) is 1.52. The molecule has 1 aromatic carbocycles. The van der Waals surface area contributed by atoms with E-state index in [1.807, 2.05) is 38.1 Å². The Kier molecular flexibility index (Phi) is 4.53. The van der Waals surface area contributed by atoms with Crippen molar-refractivity contribution in [2.75, 3.05) is 0 Å². The molecule has 1 aromatic heterocycles. The second kappa shape index (κ2) is 6.34. The maximum absolute atomic E-state index is 11.7. The number of hydrazone groups is 1. The van der Waals surface area contributed by atoms with Gasteiger partial charge < -0.3 is 0 Å². The van der Waals surface area contributed by atoms with Gasteiger partial charge in [0, 0.05) is 16.3 Å². The molecule has 0 aliphatic heterocycles. The molecule has 6 heteroatoms. The second-order valence-electron chi connectivity index (χ2n) is 4.40. The molecule has 1 heterocycles. The molecule has 0 saturated heterocycles. The molecule has 0 fully saturated rings. The molecule has 0 radical (unpaired) electrons. The fourth-order valence-corrected chi connectivity index (χ4v) is 1.94. The Bertz CT molecular complexity index is 648. The lowest BCUT2D eigenvalue weighted by molar-refractivity contribution is -0.121. The van der Waals surface area contributed by atoms with Gasteiger partial charge in [0.2, 0.25) is 0 Å². The second-order valence-corrected chi connectivity index (χ2v) is 4.81. The smallest absolute Gasteiger partial charge is 0.261 e. The predicted octanol–water partition coefficient (Wildman–Crippen LogP) is 2.30. The van der Waals surface area contributed by atoms with Gasteiger partial charge in [-0.15, -0.1) is 0 Å². The molecule has 0 unspecified atom stereocenters. The largest absolute Gasteiger partial charge is 0.271 e. The number of aryl methyl sites for hydroxylation is 2. The van der Waals surface area contributed by atoms with Crippen LogP contribution in [-0.4, -0.2) is 21.9 Å². The molecule has 0 aliphatic rings. The fraction of sp³-hybridized carbons (Fsp3) is 0.214. The highest BCUT2D eigenvalue weighted by atomic mass is 35.5. The van der Waals surface area contributed by atoms with Crippen LogP contribution < -0.4 is 5.43 Å². The lowest BCUT2D eigenvalue weighted by atomic mass is 10.2. The lowest BCUT2D eigenvalue weighted by Gasteiger charge is -2.02. The summed E-state index contributed by atoms with van der Waals surface area (Å²) in [5, 5.41) is 8.69. The summed E-state index contributed by atoms with van der Waals surface area (Å²) in [6, 6.07) is 9.19. The number of carbonyl (C=O) groups is 1. The Hall–Kier alpha value is -2.14. The summed E-state index contributed by atoms with van der Waals surface area (Å²) in [5.74, 6) is -0.237. The standard InChI is InChI=1S/C14H15ClN4O/c1-10-7-11(2)19(18-10)9-14(20)17-16-8-12-5-3-4-6-13(12)15/h3-8H,9H2,1-2H3,(H,17,20)/b16-8+. The fourth-order valence-electron chi connectivity index (χ4n) is 1.76. The number of aromatic nitrogens is 2. The first kappa shape index (κ1) is 14.3. The highest BCUT2D eigenvalue weighted by molar-refractivity contribution is 6.33. The van der Waals surface area contributed by atoms with Crippen molar-refractivity contribution in [1.82, 2.24) is 15.2 Å². The van der Waals surface area contributed by atoms with Gasteiger partial charge in [-0.2, -0.15) is 10.2 Å². The van der Waals surface area contributed by atoms with E-state index >= 15 is 0 Å². The maximum atomic E-state index is 11.7. The first-order valence-electron chi connectivity index (χ1n) is 6.14. The van der Waals surface area contributed by atoms with E-state index in [0.29, 0.717) is 5.02 Å². The van der Waals surface area contributed by atoms with Gasteiger partial charge in [0.15, 0.2) is 0 Å². The minimum absolute atomic E-state index is 0.138. The molecule has 1 N–H and O–H groups in total. The minimum atomic E-state index is -0.237. The minimum Gasteiger partial charge on any atom is -0.271 e. The van der Waals surface area contributed by atoms with E-state index in [-0.39, 0.29) is 12.5 Å². The van der Waals surface area contributed by atoms with Crippen LogP contribution in [0.15, 0.2) is 35.4 Å². The predicted molar refractivity (Wildman–Crippen MR) is 78.9 cm³/mol. The average Bonchev–Trinajstić information content (AvgIpc) is 2.70. The Morgan fingerprint density at radius 1 is 1.45 bits per heavy atom. The van der Waals surface area contributed by atoms with E-state index in [1.165, 1.54) is 6.21 Å². The number of halogens is 1. The maximum Gasteiger partial charge on any atom is 0.261 e. The van der Waals surface area contributed by atoms with Crippen LogP contribution in [0.2, 0.25) is 5.02 Å². The summed E-state index contributed by atoms with van der Waals surface area (Å²) < 4.78 is 1.63. The SMILES string of the molecule is Cc1cc(C)n(CC(=O)N/N=C/c2ccccc2Cl)n1. The van der Waals surface area contributed by atoms with Gasteiger partial charge in [-0.3, -0.25) is 9.48 Å². The average molecular weight is 291 g/mol. The van der Waals surface area contributed by atoms with Gasteiger partial charge in [0.1, 0.15) is 6.54 Å². The number of nitrogens with zero attached hydrogens (tertiary/aromatic N) is 3. The van der Waals surface area contributed by atoms with Crippen LogP contribution in [0.25, 0.3) is 0 Å². The van der Waals surface area contributed by atoms with Gasteiger partial charge in [-0.05, 0) is 26.0 Å². The zero-order valence-electron chi connectivity index (χ0n) is 11.3. The van der Waals surface area contributed by atoms with Crippen molar-refractivity contribution in [2.45, 2.75) is 20.4 Å². The molecular formula is C14H15ClN4O. The lowest BCUT2D eigenvalue weighted by Crippen LogP contribution is -2.24. The monoisotopic (exact) mass is 290 g/mol. The molecule has 0 atom stereocenters. The van der Waals surface area contributed by atoms with Crippen molar-refractivity contribution < 1.29 is 4.79 Å². The first-order valence-corrected chi connectivity index (χ1v) is 6.51. The molecule has 0 spiro atoms. The van der Waals surface area contributed by atoms with Crippen LogP contribution in [0.3, 0.4) is 0 Å². The molecule has 2 rings (SSSR count). The van der Waals surface area contributed by atoms with E-state index < -0.39 is 0 Å². The van der Waals surface area contributed by atoms with Crippen molar-refractivity contribution in [3.8, 4) is 0 Å². The molecule has 1 amide bonds. The zero-order chi connectivity index (χ0) is 14.5. The molecule has 0 saturated carbocycles. The van der Waals surface area contributed by atoms with E-state index in [4.69, 9.17) is 11.6 Å². The topological polar surface area (TPSA) is 59.3 Å². The van der Waals surface area contributed by atoms with E-state index in [0.717, 1.165) is 17.0 Å². The van der Waals surface area contributed by atoms with Crippen molar-refractivity contribution in [2.24, 2.45) is 5.10 Å². The van der Waals surface area contributed by atoms with Crippen molar-refractivity contribution in [3.63, 3.8) is 0 Å². The van der Waals surface area contributed by atoms with Crippen LogP contribution in [0.5, 0.6) is 0 Å². The highest BCUT2D eigenvalue weighted by Gasteiger charge is 2.05. The molecule has 0 aliphatic carbocycles. The number of rotatable bonds is 4. The third-order valence-electron chi connectivity index (χ3n) is 2.69. The summed E-state index contributed by atoms with van der Waals surface area (Å²) in [7, 11) is 0. The summed E-state index contributed by atoms with van der Waals surface area (Å²) >= 11 is 5.97. The third-order valence-corrected chi connectivity index (χ3v) is 3.04.